The van der Waals surface area contributed by atoms with Crippen LogP contribution < -0.4 is 4.72 Å². The molecule has 7 heteroatoms. The summed E-state index contributed by atoms with van der Waals surface area (Å²) in [5.41, 5.74) is 0.894. The van der Waals surface area contributed by atoms with E-state index in [4.69, 9.17) is 4.42 Å². The van der Waals surface area contributed by atoms with Crippen molar-refractivity contribution in [3.8, 4) is 0 Å². The molecule has 1 aromatic rings. The van der Waals surface area contributed by atoms with Crippen molar-refractivity contribution < 1.29 is 12.8 Å². The molecule has 1 unspecified atom stereocenters. The molecule has 0 radical (unpaired) electrons. The normalized spacial score (nSPS) is 25.6. The van der Waals surface area contributed by atoms with E-state index in [0.717, 1.165) is 51.0 Å². The van der Waals surface area contributed by atoms with Crippen LogP contribution in [0.4, 0.5) is 0 Å². The highest BCUT2D eigenvalue weighted by molar-refractivity contribution is 7.90. The van der Waals surface area contributed by atoms with Crippen LogP contribution in [0.2, 0.25) is 0 Å². The number of nitrogens with zero attached hydrogens (tertiary/aromatic N) is 2. The first-order chi connectivity index (χ1) is 9.13. The maximum Gasteiger partial charge on any atom is 0.214 e. The summed E-state index contributed by atoms with van der Waals surface area (Å²) < 4.78 is 31.7. The minimum atomic E-state index is -3.08. The zero-order valence-corrected chi connectivity index (χ0v) is 11.6. The van der Waals surface area contributed by atoms with E-state index in [1.807, 2.05) is 0 Å². The summed E-state index contributed by atoms with van der Waals surface area (Å²) in [6, 6.07) is 0.0336. The molecule has 1 saturated carbocycles. The fourth-order valence-electron chi connectivity index (χ4n) is 2.55. The van der Waals surface area contributed by atoms with Gasteiger partial charge in [-0.25, -0.2) is 18.1 Å². The van der Waals surface area contributed by atoms with Gasteiger partial charge in [0.1, 0.15) is 6.26 Å². The molecule has 2 fully saturated rings. The SMILES string of the molecule is O=S(=O)(NC1CCCN(Cc2cocn2)C1)C1CC1. The third-order valence-corrected chi connectivity index (χ3v) is 5.68. The maximum absolute atomic E-state index is 11.9. The summed E-state index contributed by atoms with van der Waals surface area (Å²) in [7, 11) is -3.08. The van der Waals surface area contributed by atoms with Gasteiger partial charge in [0.2, 0.25) is 10.0 Å². The number of hydrogen-bond acceptors (Lipinski definition) is 5. The lowest BCUT2D eigenvalue weighted by Crippen LogP contribution is -2.48. The molecule has 0 spiro atoms. The highest BCUT2D eigenvalue weighted by Crippen LogP contribution is 2.28. The third-order valence-electron chi connectivity index (χ3n) is 3.67. The topological polar surface area (TPSA) is 75.4 Å². The molecule has 1 N–H and O–H groups in total. The third kappa shape index (κ3) is 3.34. The molecular weight excluding hydrogens is 266 g/mol. The van der Waals surface area contributed by atoms with Gasteiger partial charge in [0.05, 0.1) is 10.9 Å². The predicted molar refractivity (Wildman–Crippen MR) is 69.9 cm³/mol. The second-order valence-corrected chi connectivity index (χ2v) is 7.41. The van der Waals surface area contributed by atoms with E-state index in [1.165, 1.54) is 6.39 Å². The van der Waals surface area contributed by atoms with Crippen molar-refractivity contribution in [2.24, 2.45) is 0 Å². The Morgan fingerprint density at radius 3 is 2.95 bits per heavy atom. The molecule has 0 aromatic carbocycles. The van der Waals surface area contributed by atoms with Crippen molar-refractivity contribution in [2.45, 2.75) is 43.5 Å². The Labute approximate surface area is 113 Å². The van der Waals surface area contributed by atoms with Gasteiger partial charge in [0, 0.05) is 19.1 Å². The van der Waals surface area contributed by atoms with E-state index in [2.05, 4.69) is 14.6 Å². The average molecular weight is 285 g/mol. The number of aromatic nitrogens is 1. The number of piperidine rings is 1. The van der Waals surface area contributed by atoms with Gasteiger partial charge in [-0.1, -0.05) is 0 Å². The highest BCUT2D eigenvalue weighted by Gasteiger charge is 2.37. The Kier molecular flexibility index (Phi) is 3.60. The van der Waals surface area contributed by atoms with Crippen LogP contribution in [0.25, 0.3) is 0 Å². The number of rotatable bonds is 5. The molecule has 2 aliphatic rings. The molecule has 3 rings (SSSR count). The Morgan fingerprint density at radius 2 is 2.26 bits per heavy atom. The standard InChI is InChI=1S/C12H19N3O3S/c16-19(17,12-3-4-12)14-10-2-1-5-15(6-10)7-11-8-18-9-13-11/h8-10,12,14H,1-7H2. The van der Waals surface area contributed by atoms with Gasteiger partial charge in [0.15, 0.2) is 6.39 Å². The summed E-state index contributed by atoms with van der Waals surface area (Å²) in [5.74, 6) is 0. The Bertz CT molecular complexity index is 510. The smallest absolute Gasteiger partial charge is 0.214 e. The Hall–Kier alpha value is -0.920. The van der Waals surface area contributed by atoms with E-state index in [1.54, 1.807) is 6.26 Å². The van der Waals surface area contributed by atoms with Crippen LogP contribution in [0.5, 0.6) is 0 Å². The minimum Gasteiger partial charge on any atom is -0.451 e. The summed E-state index contributed by atoms with van der Waals surface area (Å²) >= 11 is 0. The fraction of sp³-hybridized carbons (Fsp3) is 0.750. The predicted octanol–water partition coefficient (Wildman–Crippen LogP) is 0.721. The number of nitrogens with one attached hydrogen (secondary N) is 1. The van der Waals surface area contributed by atoms with Crippen molar-refractivity contribution in [1.82, 2.24) is 14.6 Å². The van der Waals surface area contributed by atoms with Gasteiger partial charge in [-0.2, -0.15) is 0 Å². The molecule has 0 amide bonds. The van der Waals surface area contributed by atoms with E-state index >= 15 is 0 Å². The Morgan fingerprint density at radius 1 is 1.42 bits per heavy atom. The second kappa shape index (κ2) is 5.22. The summed E-state index contributed by atoms with van der Waals surface area (Å²) in [4.78, 5) is 6.32. The monoisotopic (exact) mass is 285 g/mol. The van der Waals surface area contributed by atoms with Crippen LogP contribution in [-0.4, -0.2) is 42.7 Å². The lowest BCUT2D eigenvalue weighted by atomic mass is 10.1. The first kappa shape index (κ1) is 13.1. The van der Waals surface area contributed by atoms with Gasteiger partial charge < -0.3 is 4.42 Å². The summed E-state index contributed by atoms with van der Waals surface area (Å²) in [6.07, 6.45) is 6.61. The molecule has 2 heterocycles. The van der Waals surface area contributed by atoms with Crippen LogP contribution >= 0.6 is 0 Å². The quantitative estimate of drug-likeness (QED) is 0.863. The highest BCUT2D eigenvalue weighted by atomic mass is 32.2. The van der Waals surface area contributed by atoms with Crippen molar-refractivity contribution in [3.05, 3.63) is 18.4 Å². The van der Waals surface area contributed by atoms with E-state index in [9.17, 15) is 8.42 Å². The molecule has 1 aromatic heterocycles. The first-order valence-corrected chi connectivity index (χ1v) is 8.29. The number of oxazole rings is 1. The van der Waals surface area contributed by atoms with Crippen molar-refractivity contribution >= 4 is 10.0 Å². The van der Waals surface area contributed by atoms with Crippen LogP contribution in [0, 0.1) is 0 Å². The van der Waals surface area contributed by atoms with Crippen LogP contribution in [0.15, 0.2) is 17.1 Å². The molecule has 19 heavy (non-hydrogen) atoms. The lowest BCUT2D eigenvalue weighted by Gasteiger charge is -2.32. The van der Waals surface area contributed by atoms with Crippen LogP contribution in [0.1, 0.15) is 31.4 Å². The lowest BCUT2D eigenvalue weighted by molar-refractivity contribution is 0.192. The fourth-order valence-corrected chi connectivity index (χ4v) is 4.15. The molecule has 1 atom stereocenters. The molecular formula is C12H19N3O3S. The van der Waals surface area contributed by atoms with Crippen molar-refractivity contribution in [3.63, 3.8) is 0 Å². The average Bonchev–Trinajstić information content (AvgIpc) is 3.11. The van der Waals surface area contributed by atoms with E-state index < -0.39 is 10.0 Å². The van der Waals surface area contributed by atoms with Crippen molar-refractivity contribution in [1.29, 1.82) is 0 Å². The summed E-state index contributed by atoms with van der Waals surface area (Å²) in [5, 5.41) is -0.140. The zero-order valence-electron chi connectivity index (χ0n) is 10.8. The molecule has 1 aliphatic carbocycles. The largest absolute Gasteiger partial charge is 0.451 e. The van der Waals surface area contributed by atoms with Gasteiger partial charge in [-0.05, 0) is 32.2 Å². The molecule has 106 valence electrons. The van der Waals surface area contributed by atoms with Crippen LogP contribution in [-0.2, 0) is 16.6 Å². The van der Waals surface area contributed by atoms with Gasteiger partial charge in [0.25, 0.3) is 0 Å². The molecule has 6 nitrogen and oxygen atoms in total. The molecule has 1 aliphatic heterocycles. The zero-order chi connectivity index (χ0) is 13.3. The van der Waals surface area contributed by atoms with Crippen molar-refractivity contribution in [2.75, 3.05) is 13.1 Å². The molecule has 1 saturated heterocycles. The number of hydrogen-bond donors (Lipinski definition) is 1. The number of sulfonamides is 1. The Balaban J connectivity index is 1.55. The van der Waals surface area contributed by atoms with E-state index in [-0.39, 0.29) is 11.3 Å². The second-order valence-electron chi connectivity index (χ2n) is 5.42. The minimum absolute atomic E-state index is 0.0336. The van der Waals surface area contributed by atoms with Crippen LogP contribution in [0.3, 0.4) is 0 Å². The van der Waals surface area contributed by atoms with Gasteiger partial charge in [-0.15, -0.1) is 0 Å². The molecule has 0 bridgehead atoms. The van der Waals surface area contributed by atoms with Gasteiger partial charge >= 0.3 is 0 Å². The number of likely N-dealkylation sites (tertiary alicyclic amines) is 1. The maximum atomic E-state index is 11.9. The first-order valence-electron chi connectivity index (χ1n) is 6.74. The van der Waals surface area contributed by atoms with Gasteiger partial charge in [-0.3, -0.25) is 4.90 Å². The van der Waals surface area contributed by atoms with E-state index in [0.29, 0.717) is 0 Å². The summed E-state index contributed by atoms with van der Waals surface area (Å²) in [6.45, 7) is 2.45.